The summed E-state index contributed by atoms with van der Waals surface area (Å²) in [5.74, 6) is -0.436. The van der Waals surface area contributed by atoms with Crippen LogP contribution in [-0.2, 0) is 9.59 Å². The number of hydrogen-bond donors (Lipinski definition) is 2. The highest BCUT2D eigenvalue weighted by molar-refractivity contribution is 6.35. The number of unbranched alkanes of at least 4 members (excludes halogenated alkanes) is 1. The SMILES string of the molecule is CCCC[C@H](CC)CNC(=O)C(=O)NC[C@H](C)c1ccccc1. The zero-order chi connectivity index (χ0) is 17.1. The van der Waals surface area contributed by atoms with Crippen molar-refractivity contribution in [3.63, 3.8) is 0 Å². The predicted molar refractivity (Wildman–Crippen MR) is 94.2 cm³/mol. The van der Waals surface area contributed by atoms with Gasteiger partial charge < -0.3 is 10.6 Å². The topological polar surface area (TPSA) is 58.2 Å². The Kier molecular flexibility index (Phi) is 9.03. The van der Waals surface area contributed by atoms with Gasteiger partial charge in [0.1, 0.15) is 0 Å². The van der Waals surface area contributed by atoms with E-state index in [0.29, 0.717) is 19.0 Å². The lowest BCUT2D eigenvalue weighted by atomic mass is 9.99. The number of amides is 2. The maximum Gasteiger partial charge on any atom is 0.309 e. The monoisotopic (exact) mass is 318 g/mol. The van der Waals surface area contributed by atoms with Gasteiger partial charge in [0.25, 0.3) is 0 Å². The highest BCUT2D eigenvalue weighted by Crippen LogP contribution is 2.13. The Balaban J connectivity index is 2.32. The van der Waals surface area contributed by atoms with Gasteiger partial charge in [-0.05, 0) is 23.8 Å². The molecule has 0 aliphatic carbocycles. The van der Waals surface area contributed by atoms with Gasteiger partial charge in [0.2, 0.25) is 0 Å². The van der Waals surface area contributed by atoms with Crippen LogP contribution in [0, 0.1) is 5.92 Å². The van der Waals surface area contributed by atoms with Crippen molar-refractivity contribution in [2.75, 3.05) is 13.1 Å². The first-order valence-corrected chi connectivity index (χ1v) is 8.69. The number of hydrogen-bond acceptors (Lipinski definition) is 2. The Labute approximate surface area is 140 Å². The van der Waals surface area contributed by atoms with Gasteiger partial charge in [-0.2, -0.15) is 0 Å². The summed E-state index contributed by atoms with van der Waals surface area (Å²) in [6, 6.07) is 9.96. The van der Waals surface area contributed by atoms with E-state index in [2.05, 4.69) is 24.5 Å². The Morgan fingerprint density at radius 2 is 1.61 bits per heavy atom. The van der Waals surface area contributed by atoms with Crippen molar-refractivity contribution in [2.45, 2.75) is 52.4 Å². The summed E-state index contributed by atoms with van der Waals surface area (Å²) >= 11 is 0. The van der Waals surface area contributed by atoms with E-state index < -0.39 is 11.8 Å². The van der Waals surface area contributed by atoms with Gasteiger partial charge in [-0.25, -0.2) is 0 Å². The first-order chi connectivity index (χ1) is 11.1. The van der Waals surface area contributed by atoms with Gasteiger partial charge in [-0.3, -0.25) is 9.59 Å². The zero-order valence-electron chi connectivity index (χ0n) is 14.6. The molecule has 1 aromatic rings. The number of benzene rings is 1. The summed E-state index contributed by atoms with van der Waals surface area (Å²) in [6.45, 7) is 7.35. The quantitative estimate of drug-likeness (QED) is 0.687. The van der Waals surface area contributed by atoms with Crippen LogP contribution in [0.4, 0.5) is 0 Å². The van der Waals surface area contributed by atoms with Crippen LogP contribution in [0.5, 0.6) is 0 Å². The fourth-order valence-corrected chi connectivity index (χ4v) is 2.49. The van der Waals surface area contributed by atoms with Gasteiger partial charge in [-0.1, -0.05) is 70.4 Å². The van der Waals surface area contributed by atoms with E-state index in [1.807, 2.05) is 37.3 Å². The van der Waals surface area contributed by atoms with E-state index in [0.717, 1.165) is 31.2 Å². The Morgan fingerprint density at radius 3 is 2.17 bits per heavy atom. The Bertz CT molecular complexity index is 474. The maximum absolute atomic E-state index is 11.9. The molecule has 0 spiro atoms. The smallest absolute Gasteiger partial charge is 0.309 e. The van der Waals surface area contributed by atoms with E-state index in [1.165, 1.54) is 0 Å². The molecule has 0 fully saturated rings. The molecular formula is C19H30N2O2. The van der Waals surface area contributed by atoms with Crippen molar-refractivity contribution in [3.05, 3.63) is 35.9 Å². The van der Waals surface area contributed by atoms with Crippen molar-refractivity contribution >= 4 is 11.8 Å². The summed E-state index contributed by atoms with van der Waals surface area (Å²) in [4.78, 5) is 23.7. The van der Waals surface area contributed by atoms with Gasteiger partial charge in [0.05, 0.1) is 0 Å². The van der Waals surface area contributed by atoms with Gasteiger partial charge >= 0.3 is 11.8 Å². The maximum atomic E-state index is 11.9. The van der Waals surface area contributed by atoms with Crippen LogP contribution in [0.25, 0.3) is 0 Å². The molecule has 1 aromatic carbocycles. The summed E-state index contributed by atoms with van der Waals surface area (Å²) < 4.78 is 0. The van der Waals surface area contributed by atoms with E-state index in [-0.39, 0.29) is 5.92 Å². The van der Waals surface area contributed by atoms with Crippen LogP contribution in [0.3, 0.4) is 0 Å². The van der Waals surface area contributed by atoms with Gasteiger partial charge in [0.15, 0.2) is 0 Å². The van der Waals surface area contributed by atoms with Crippen molar-refractivity contribution in [1.82, 2.24) is 10.6 Å². The first-order valence-electron chi connectivity index (χ1n) is 8.69. The van der Waals surface area contributed by atoms with E-state index in [1.54, 1.807) is 0 Å². The molecule has 23 heavy (non-hydrogen) atoms. The minimum atomic E-state index is -0.543. The molecule has 0 saturated carbocycles. The third-order valence-corrected chi connectivity index (χ3v) is 4.24. The van der Waals surface area contributed by atoms with Crippen LogP contribution >= 0.6 is 0 Å². The van der Waals surface area contributed by atoms with Crippen molar-refractivity contribution in [1.29, 1.82) is 0 Å². The molecule has 2 N–H and O–H groups in total. The second-order valence-corrected chi connectivity index (χ2v) is 6.15. The molecule has 0 aliphatic rings. The summed E-state index contributed by atoms with van der Waals surface area (Å²) in [7, 11) is 0. The number of carbonyl (C=O) groups is 2. The third-order valence-electron chi connectivity index (χ3n) is 4.24. The fraction of sp³-hybridized carbons (Fsp3) is 0.579. The van der Waals surface area contributed by atoms with Crippen LogP contribution in [0.2, 0.25) is 0 Å². The molecule has 2 atom stereocenters. The molecule has 2 amide bonds. The van der Waals surface area contributed by atoms with Crippen LogP contribution in [-0.4, -0.2) is 24.9 Å². The van der Waals surface area contributed by atoms with Crippen LogP contribution in [0.15, 0.2) is 30.3 Å². The highest BCUT2D eigenvalue weighted by atomic mass is 16.2. The molecule has 0 bridgehead atoms. The second-order valence-electron chi connectivity index (χ2n) is 6.15. The molecule has 1 rings (SSSR count). The van der Waals surface area contributed by atoms with Crippen molar-refractivity contribution in [3.8, 4) is 0 Å². The fourth-order valence-electron chi connectivity index (χ4n) is 2.49. The normalized spacial score (nSPS) is 13.2. The molecule has 128 valence electrons. The Morgan fingerprint density at radius 1 is 1.00 bits per heavy atom. The molecular weight excluding hydrogens is 288 g/mol. The average Bonchev–Trinajstić information content (AvgIpc) is 2.60. The van der Waals surface area contributed by atoms with E-state index in [9.17, 15) is 9.59 Å². The van der Waals surface area contributed by atoms with Crippen LogP contribution < -0.4 is 10.6 Å². The minimum absolute atomic E-state index is 0.181. The number of nitrogens with one attached hydrogen (secondary N) is 2. The molecule has 4 nitrogen and oxygen atoms in total. The molecule has 4 heteroatoms. The summed E-state index contributed by atoms with van der Waals surface area (Å²) in [5, 5.41) is 5.47. The lowest BCUT2D eigenvalue weighted by molar-refractivity contribution is -0.139. The number of carbonyl (C=O) groups excluding carboxylic acids is 2. The van der Waals surface area contributed by atoms with Crippen molar-refractivity contribution < 1.29 is 9.59 Å². The molecule has 0 radical (unpaired) electrons. The van der Waals surface area contributed by atoms with Gasteiger partial charge in [0, 0.05) is 13.1 Å². The lowest BCUT2D eigenvalue weighted by Crippen LogP contribution is -2.42. The molecule has 0 heterocycles. The lowest BCUT2D eigenvalue weighted by Gasteiger charge is -2.16. The van der Waals surface area contributed by atoms with Crippen LogP contribution in [0.1, 0.15) is 57.9 Å². The van der Waals surface area contributed by atoms with Gasteiger partial charge in [-0.15, -0.1) is 0 Å². The zero-order valence-corrected chi connectivity index (χ0v) is 14.6. The largest absolute Gasteiger partial charge is 0.348 e. The molecule has 0 aliphatic heterocycles. The first kappa shape index (κ1) is 19.2. The molecule has 0 unspecified atom stereocenters. The molecule has 0 aromatic heterocycles. The second kappa shape index (κ2) is 10.8. The highest BCUT2D eigenvalue weighted by Gasteiger charge is 2.16. The molecule has 0 saturated heterocycles. The average molecular weight is 318 g/mol. The predicted octanol–water partition coefficient (Wildman–Crippen LogP) is 3.24. The summed E-state index contributed by atoms with van der Waals surface area (Å²) in [5.41, 5.74) is 1.15. The Hall–Kier alpha value is -1.84. The summed E-state index contributed by atoms with van der Waals surface area (Å²) in [6.07, 6.45) is 4.43. The van der Waals surface area contributed by atoms with E-state index in [4.69, 9.17) is 0 Å². The third kappa shape index (κ3) is 7.31. The van der Waals surface area contributed by atoms with E-state index >= 15 is 0 Å². The van der Waals surface area contributed by atoms with Crippen molar-refractivity contribution in [2.24, 2.45) is 5.92 Å². The minimum Gasteiger partial charge on any atom is -0.348 e. The standard InChI is InChI=1S/C19H30N2O2/c1-4-6-10-16(5-2)14-21-19(23)18(22)20-13-15(3)17-11-8-7-9-12-17/h7-9,11-12,15-16H,4-6,10,13-14H2,1-3H3,(H,20,22)(H,21,23)/t15-,16-/m0/s1. The number of rotatable bonds is 9.